The van der Waals surface area contributed by atoms with Gasteiger partial charge in [0.25, 0.3) is 0 Å². The normalized spacial score (nSPS) is 11.0. The van der Waals surface area contributed by atoms with Gasteiger partial charge in [-0.25, -0.2) is 19.9 Å². The Morgan fingerprint density at radius 3 is 1.49 bits per heavy atom. The molecule has 276 valence electrons. The van der Waals surface area contributed by atoms with Gasteiger partial charge in [0.2, 0.25) is 0 Å². The van der Waals surface area contributed by atoms with Gasteiger partial charge >= 0.3 is 0 Å². The van der Waals surface area contributed by atoms with Crippen molar-refractivity contribution in [1.82, 2.24) is 24.5 Å². The second-order valence-electron chi connectivity index (χ2n) is 14.2. The van der Waals surface area contributed by atoms with Gasteiger partial charge in [-0.1, -0.05) is 164 Å². The summed E-state index contributed by atoms with van der Waals surface area (Å²) >= 11 is 0. The quantitative estimate of drug-likeness (QED) is 0.154. The molecule has 8 aromatic carbocycles. The minimum atomic E-state index is 0.598. The topological polar surface area (TPSA) is 80.3 Å². The molecule has 10 aromatic rings. The molecule has 0 aliphatic rings. The van der Waals surface area contributed by atoms with Crippen LogP contribution in [0.2, 0.25) is 0 Å². The molecule has 10 rings (SSSR count). The summed E-state index contributed by atoms with van der Waals surface area (Å²) in [5.41, 5.74) is 13.7. The summed E-state index contributed by atoms with van der Waals surface area (Å²) in [6.45, 7) is 0. The van der Waals surface area contributed by atoms with Crippen molar-refractivity contribution in [1.29, 1.82) is 5.26 Å². The van der Waals surface area contributed by atoms with Gasteiger partial charge in [-0.2, -0.15) is 5.26 Å². The number of rotatable bonds is 8. The number of hydrogen-bond donors (Lipinski definition) is 0. The first-order valence-electron chi connectivity index (χ1n) is 19.4. The van der Waals surface area contributed by atoms with Crippen molar-refractivity contribution < 1.29 is 0 Å². The molecule has 6 nitrogen and oxygen atoms in total. The largest absolute Gasteiger partial charge is 0.292 e. The first-order valence-corrected chi connectivity index (χ1v) is 19.4. The molecule has 0 bridgehead atoms. The van der Waals surface area contributed by atoms with E-state index in [1.807, 2.05) is 103 Å². The summed E-state index contributed by atoms with van der Waals surface area (Å²) in [4.78, 5) is 19.8. The van der Waals surface area contributed by atoms with Crippen molar-refractivity contribution in [2.45, 2.75) is 0 Å². The van der Waals surface area contributed by atoms with E-state index in [0.717, 1.165) is 78.2 Å². The number of imidazole rings is 1. The molecule has 0 radical (unpaired) electrons. The zero-order valence-corrected chi connectivity index (χ0v) is 31.8. The zero-order chi connectivity index (χ0) is 39.5. The Bertz CT molecular complexity index is 3070. The predicted octanol–water partition coefficient (Wildman–Crippen LogP) is 12.8. The van der Waals surface area contributed by atoms with Crippen LogP contribution < -0.4 is 0 Å². The van der Waals surface area contributed by atoms with E-state index in [0.29, 0.717) is 23.0 Å². The first kappa shape index (κ1) is 35.2. The van der Waals surface area contributed by atoms with Crippen LogP contribution >= 0.6 is 0 Å². The van der Waals surface area contributed by atoms with E-state index in [4.69, 9.17) is 19.9 Å². The lowest BCUT2D eigenvalue weighted by Gasteiger charge is -2.15. The molecule has 0 spiro atoms. The van der Waals surface area contributed by atoms with Crippen LogP contribution in [0, 0.1) is 11.3 Å². The fraction of sp³-hybridized carbons (Fsp3) is 0. The number of nitriles is 1. The lowest BCUT2D eigenvalue weighted by Crippen LogP contribution is -2.00. The fourth-order valence-electron chi connectivity index (χ4n) is 7.58. The average Bonchev–Trinajstić information content (AvgIpc) is 3.72. The first-order chi connectivity index (χ1) is 29.2. The molecule has 59 heavy (non-hydrogen) atoms. The Hall–Kier alpha value is -8.27. The van der Waals surface area contributed by atoms with E-state index in [1.165, 1.54) is 0 Å². The Morgan fingerprint density at radius 1 is 0.356 bits per heavy atom. The number of fused-ring (bicyclic) bond motifs is 1. The summed E-state index contributed by atoms with van der Waals surface area (Å²) in [6, 6.07) is 72.3. The third-order valence-electron chi connectivity index (χ3n) is 10.5. The van der Waals surface area contributed by atoms with E-state index in [1.54, 1.807) is 0 Å². The molecule has 0 atom stereocenters. The van der Waals surface area contributed by atoms with Gasteiger partial charge in [0.15, 0.2) is 17.5 Å². The number of hydrogen-bond acceptors (Lipinski definition) is 5. The maximum Gasteiger partial charge on any atom is 0.164 e. The number of aromatic nitrogens is 5. The second-order valence-corrected chi connectivity index (χ2v) is 14.2. The molecule has 0 saturated heterocycles. The van der Waals surface area contributed by atoms with Crippen LogP contribution in [-0.2, 0) is 0 Å². The van der Waals surface area contributed by atoms with Crippen molar-refractivity contribution in [3.63, 3.8) is 0 Å². The molecule has 6 heteroatoms. The summed E-state index contributed by atoms with van der Waals surface area (Å²) in [6.07, 6.45) is 0. The van der Waals surface area contributed by atoms with Crippen molar-refractivity contribution >= 4 is 11.0 Å². The van der Waals surface area contributed by atoms with E-state index in [2.05, 4.69) is 114 Å². The van der Waals surface area contributed by atoms with Gasteiger partial charge in [-0.15, -0.1) is 0 Å². The number of para-hydroxylation sites is 2. The maximum absolute atomic E-state index is 9.77. The predicted molar refractivity (Wildman–Crippen MR) is 237 cm³/mol. The van der Waals surface area contributed by atoms with Gasteiger partial charge in [0, 0.05) is 27.9 Å². The molecular formula is C53H34N6. The van der Waals surface area contributed by atoms with Crippen molar-refractivity contribution in [3.05, 3.63) is 212 Å². The van der Waals surface area contributed by atoms with Gasteiger partial charge in [-0.3, -0.25) is 4.57 Å². The van der Waals surface area contributed by atoms with Crippen molar-refractivity contribution in [2.75, 3.05) is 0 Å². The number of nitrogens with zero attached hydrogens (tertiary/aromatic N) is 6. The summed E-state index contributed by atoms with van der Waals surface area (Å²) in [7, 11) is 0. The highest BCUT2D eigenvalue weighted by Crippen LogP contribution is 2.38. The van der Waals surface area contributed by atoms with Crippen LogP contribution in [-0.4, -0.2) is 24.5 Å². The van der Waals surface area contributed by atoms with Gasteiger partial charge in [0.1, 0.15) is 5.82 Å². The van der Waals surface area contributed by atoms with Gasteiger partial charge < -0.3 is 0 Å². The monoisotopic (exact) mass is 754 g/mol. The lowest BCUT2D eigenvalue weighted by molar-refractivity contribution is 1.07. The van der Waals surface area contributed by atoms with Crippen LogP contribution in [0.3, 0.4) is 0 Å². The fourth-order valence-corrected chi connectivity index (χ4v) is 7.58. The van der Waals surface area contributed by atoms with E-state index in [-0.39, 0.29) is 0 Å². The molecule has 0 aliphatic carbocycles. The molecule has 0 unspecified atom stereocenters. The molecule has 0 amide bonds. The van der Waals surface area contributed by atoms with E-state index < -0.39 is 0 Å². The minimum Gasteiger partial charge on any atom is -0.292 e. The third kappa shape index (κ3) is 6.94. The smallest absolute Gasteiger partial charge is 0.164 e. The van der Waals surface area contributed by atoms with E-state index >= 15 is 0 Å². The Kier molecular flexibility index (Phi) is 9.14. The van der Waals surface area contributed by atoms with Crippen LogP contribution in [0.5, 0.6) is 0 Å². The Morgan fingerprint density at radius 2 is 0.864 bits per heavy atom. The zero-order valence-electron chi connectivity index (χ0n) is 31.8. The molecule has 0 saturated carbocycles. The lowest BCUT2D eigenvalue weighted by atomic mass is 9.90. The van der Waals surface area contributed by atoms with Crippen molar-refractivity contribution in [3.8, 4) is 90.7 Å². The SMILES string of the molecule is N#Cc1cccc(-c2ccc(-c3ccc(-n4c(-c5ccccc5)nc5ccccc54)cc3)cc2-c2ccc(-c3nc(-c4ccccc4)nc(-c4ccccc4)n3)cc2)c1. The highest BCUT2D eigenvalue weighted by Gasteiger charge is 2.17. The van der Waals surface area contributed by atoms with Crippen LogP contribution in [0.25, 0.3) is 95.7 Å². The third-order valence-corrected chi connectivity index (χ3v) is 10.5. The van der Waals surface area contributed by atoms with Crippen LogP contribution in [0.4, 0.5) is 0 Å². The Labute approximate surface area is 342 Å². The Balaban J connectivity index is 1.05. The second kappa shape index (κ2) is 15.3. The maximum atomic E-state index is 9.77. The van der Waals surface area contributed by atoms with Crippen LogP contribution in [0.1, 0.15) is 5.56 Å². The summed E-state index contributed by atoms with van der Waals surface area (Å²) in [5.74, 6) is 2.74. The summed E-state index contributed by atoms with van der Waals surface area (Å²) in [5, 5.41) is 9.77. The standard InChI is InChI=1S/C53H34N6/c54-35-36-13-12-20-44(33-36)46-32-29-43(37-27-30-45(31-28-37)59-49-22-11-10-21-48(49)55-53(59)42-18-8-3-9-19-42)34-47(46)38-23-25-41(26-24-38)52-57-50(39-14-4-1-5-15-39)56-51(58-52)40-16-6-2-7-17-40/h1-34H. The minimum absolute atomic E-state index is 0.598. The molecule has 2 aromatic heterocycles. The molecule has 0 aliphatic heterocycles. The van der Waals surface area contributed by atoms with Gasteiger partial charge in [0.05, 0.1) is 22.7 Å². The summed E-state index contributed by atoms with van der Waals surface area (Å²) < 4.78 is 2.23. The molecule has 2 heterocycles. The molecular weight excluding hydrogens is 721 g/mol. The molecule has 0 N–H and O–H groups in total. The highest BCUT2D eigenvalue weighted by atomic mass is 15.1. The molecule has 0 fully saturated rings. The van der Waals surface area contributed by atoms with E-state index in [9.17, 15) is 5.26 Å². The average molecular weight is 755 g/mol. The van der Waals surface area contributed by atoms with Gasteiger partial charge in [-0.05, 0) is 75.8 Å². The number of benzene rings is 8. The highest BCUT2D eigenvalue weighted by molar-refractivity contribution is 5.89. The van der Waals surface area contributed by atoms with Crippen LogP contribution in [0.15, 0.2) is 206 Å². The van der Waals surface area contributed by atoms with Crippen molar-refractivity contribution in [2.24, 2.45) is 0 Å².